The number of carboxylic acid groups (broad SMARTS) is 1. The Morgan fingerprint density at radius 1 is 1.30 bits per heavy atom. The van der Waals surface area contributed by atoms with Crippen molar-refractivity contribution in [3.8, 4) is 10.6 Å². The number of rotatable bonds is 14. The molecule has 1 aliphatic rings. The maximum Gasteiger partial charge on any atom is 0.362 e. The van der Waals surface area contributed by atoms with Gasteiger partial charge in [-0.05, 0) is 26.8 Å². The van der Waals surface area contributed by atoms with E-state index in [1.807, 2.05) is 28.8 Å². The normalized spacial score (nSPS) is 17.0. The van der Waals surface area contributed by atoms with Crippen molar-refractivity contribution in [1.29, 1.82) is 0 Å². The highest BCUT2D eigenvalue weighted by molar-refractivity contribution is 7.84. The van der Waals surface area contributed by atoms with Gasteiger partial charge in [-0.2, -0.15) is 22.5 Å². The number of amides is 3. The minimum atomic E-state index is -5.10. The standard InChI is InChI=1S/C23H29N11O9S3/c1-23(2,21(38)39)43-30-15(16-29-22(25)45-31-16)18(36)28-14-12(34(20(14)37)46(40,41)42)7-26-17(35)13-8-27-19(44-13)11-9-32(3)33(10-11)6-4-5-24/h8-10,12,14H,4-7,24H2,1-3H3,(H5-,25,26,28,29,31,35,36,38,39,40,41,42)/p+1/b30-15-/t12-,14+/m1/s1. The predicted molar refractivity (Wildman–Crippen MR) is 160 cm³/mol. The van der Waals surface area contributed by atoms with Gasteiger partial charge < -0.3 is 32.0 Å². The number of hydrogen-bond donors (Lipinski definition) is 6. The fourth-order valence-corrected chi connectivity index (χ4v) is 6.15. The molecule has 4 heterocycles. The summed E-state index contributed by atoms with van der Waals surface area (Å²) in [7, 11) is -3.25. The van der Waals surface area contributed by atoms with Gasteiger partial charge in [0, 0.05) is 18.1 Å². The molecule has 3 aromatic rings. The Kier molecular flexibility index (Phi) is 10.0. The molecule has 1 aliphatic heterocycles. The van der Waals surface area contributed by atoms with Crippen molar-refractivity contribution >= 4 is 67.7 Å². The summed E-state index contributed by atoms with van der Waals surface area (Å²) in [5, 5.41) is 18.1. The zero-order chi connectivity index (χ0) is 34.0. The monoisotopic (exact) mass is 700 g/mol. The fourth-order valence-electron chi connectivity index (χ4n) is 4.03. The lowest BCUT2D eigenvalue weighted by Crippen LogP contribution is -2.74. The SMILES string of the molecule is C[n+]1cc(-c2ncc(C(=O)NC[C@@H]3[C@H](NC(=O)/C(=N\OC(C)(C)C(=O)O)c4nsc(N)n4)C(=O)N3S(=O)(=O)O)s2)cn1CCCN. The van der Waals surface area contributed by atoms with Crippen LogP contribution in [0.3, 0.4) is 0 Å². The van der Waals surface area contributed by atoms with Crippen molar-refractivity contribution in [2.45, 2.75) is 44.5 Å². The highest BCUT2D eigenvalue weighted by atomic mass is 32.2. The molecule has 3 amide bonds. The van der Waals surface area contributed by atoms with E-state index < -0.39 is 63.9 Å². The molecule has 23 heteroatoms. The van der Waals surface area contributed by atoms with Gasteiger partial charge in [-0.25, -0.2) is 14.1 Å². The van der Waals surface area contributed by atoms with Crippen molar-refractivity contribution in [3.63, 3.8) is 0 Å². The Balaban J connectivity index is 1.50. The van der Waals surface area contributed by atoms with Gasteiger partial charge in [-0.3, -0.25) is 18.9 Å². The Bertz CT molecular complexity index is 1800. The van der Waals surface area contributed by atoms with E-state index in [-0.39, 0.29) is 20.1 Å². The topological polar surface area (TPSA) is 291 Å². The van der Waals surface area contributed by atoms with Gasteiger partial charge in [0.05, 0.1) is 30.5 Å². The Labute approximate surface area is 269 Å². The predicted octanol–water partition coefficient (Wildman–Crippen LogP) is -2.27. The van der Waals surface area contributed by atoms with Crippen molar-refractivity contribution in [2.24, 2.45) is 17.9 Å². The molecule has 0 saturated carbocycles. The summed E-state index contributed by atoms with van der Waals surface area (Å²) in [5.41, 5.74) is 9.36. The van der Waals surface area contributed by atoms with Crippen LogP contribution in [0.5, 0.6) is 0 Å². The van der Waals surface area contributed by atoms with E-state index in [1.54, 1.807) is 0 Å². The molecule has 8 N–H and O–H groups in total. The maximum absolute atomic E-state index is 13.2. The van der Waals surface area contributed by atoms with Crippen molar-refractivity contribution in [3.05, 3.63) is 29.3 Å². The molecule has 2 atom stereocenters. The van der Waals surface area contributed by atoms with E-state index in [0.29, 0.717) is 29.6 Å². The van der Waals surface area contributed by atoms with Crippen molar-refractivity contribution in [1.82, 2.24) is 34.0 Å². The Morgan fingerprint density at radius 3 is 2.63 bits per heavy atom. The minimum absolute atomic E-state index is 0.0740. The van der Waals surface area contributed by atoms with E-state index in [1.165, 1.54) is 6.20 Å². The van der Waals surface area contributed by atoms with Crippen LogP contribution in [0.1, 0.15) is 35.8 Å². The summed E-state index contributed by atoms with van der Waals surface area (Å²) >= 11 is 1.75. The molecule has 0 unspecified atom stereocenters. The number of hydrogen-bond acceptors (Lipinski definition) is 15. The van der Waals surface area contributed by atoms with Crippen LogP contribution in [-0.2, 0) is 43.1 Å². The van der Waals surface area contributed by atoms with Crippen LogP contribution in [0.15, 0.2) is 23.7 Å². The number of nitrogens with zero attached hydrogens (tertiary/aromatic N) is 7. The second-order valence-electron chi connectivity index (χ2n) is 10.3. The third-order valence-corrected chi connectivity index (χ3v) is 9.05. The number of aromatic nitrogens is 5. The van der Waals surface area contributed by atoms with Crippen LogP contribution in [0.2, 0.25) is 0 Å². The second kappa shape index (κ2) is 13.4. The zero-order valence-electron chi connectivity index (χ0n) is 24.5. The number of nitrogen functional groups attached to an aromatic ring is 1. The molecular formula is C23H30N11O9S3+. The highest BCUT2D eigenvalue weighted by Crippen LogP contribution is 2.26. The third kappa shape index (κ3) is 7.44. The second-order valence-corrected chi connectivity index (χ2v) is 13.4. The lowest BCUT2D eigenvalue weighted by molar-refractivity contribution is -0.753. The number of anilines is 1. The fraction of sp³-hybridized carbons (Fsp3) is 0.435. The summed E-state index contributed by atoms with van der Waals surface area (Å²) in [5.74, 6) is -4.84. The van der Waals surface area contributed by atoms with Gasteiger partial charge in [-0.15, -0.1) is 16.0 Å². The van der Waals surface area contributed by atoms with E-state index in [0.717, 1.165) is 37.2 Å². The van der Waals surface area contributed by atoms with Crippen LogP contribution < -0.4 is 26.8 Å². The van der Waals surface area contributed by atoms with E-state index >= 15 is 0 Å². The summed E-state index contributed by atoms with van der Waals surface area (Å²) in [6.45, 7) is 2.99. The molecule has 0 radical (unpaired) electrons. The van der Waals surface area contributed by atoms with Gasteiger partial charge in [0.2, 0.25) is 23.3 Å². The molecule has 1 fully saturated rings. The lowest BCUT2D eigenvalue weighted by atomic mass is 9.98. The molecule has 248 valence electrons. The first kappa shape index (κ1) is 34.3. The van der Waals surface area contributed by atoms with Gasteiger partial charge in [0.25, 0.3) is 17.7 Å². The molecule has 0 spiro atoms. The van der Waals surface area contributed by atoms with E-state index in [4.69, 9.17) is 16.3 Å². The number of nitrogens with one attached hydrogen (secondary N) is 2. The van der Waals surface area contributed by atoms with E-state index in [2.05, 4.69) is 30.1 Å². The molecule has 0 aliphatic carbocycles. The van der Waals surface area contributed by atoms with Crippen molar-refractivity contribution in [2.75, 3.05) is 18.8 Å². The van der Waals surface area contributed by atoms with Crippen LogP contribution in [0.4, 0.5) is 5.13 Å². The van der Waals surface area contributed by atoms with Gasteiger partial charge >= 0.3 is 16.3 Å². The summed E-state index contributed by atoms with van der Waals surface area (Å²) in [6.07, 6.45) is 5.77. The van der Waals surface area contributed by atoms with Crippen LogP contribution in [0.25, 0.3) is 10.6 Å². The number of carbonyl (C=O) groups excluding carboxylic acids is 3. The first-order chi connectivity index (χ1) is 21.5. The number of β-lactam (4-membered cyclic amide) rings is 1. The molecule has 20 nitrogen and oxygen atoms in total. The number of aryl methyl sites for hydroxylation is 2. The number of nitrogens with two attached hydrogens (primary N) is 2. The average molecular weight is 701 g/mol. The highest BCUT2D eigenvalue weighted by Gasteiger charge is 2.54. The summed E-state index contributed by atoms with van der Waals surface area (Å²) in [6, 6.07) is -3.06. The summed E-state index contributed by atoms with van der Waals surface area (Å²) < 4.78 is 41.3. The molecular weight excluding hydrogens is 671 g/mol. The first-order valence-electron chi connectivity index (χ1n) is 13.2. The minimum Gasteiger partial charge on any atom is -0.478 e. The van der Waals surface area contributed by atoms with Crippen molar-refractivity contribution < 1.29 is 46.8 Å². The van der Waals surface area contributed by atoms with Gasteiger partial charge in [-0.1, -0.05) is 5.16 Å². The molecule has 4 rings (SSSR count). The Morgan fingerprint density at radius 2 is 2.02 bits per heavy atom. The summed E-state index contributed by atoms with van der Waals surface area (Å²) in [4.78, 5) is 63.6. The molecule has 0 aromatic carbocycles. The van der Waals surface area contributed by atoms with Crippen LogP contribution in [-0.4, -0.2) is 102 Å². The van der Waals surface area contributed by atoms with E-state index in [9.17, 15) is 37.3 Å². The Hall–Kier alpha value is -4.58. The smallest absolute Gasteiger partial charge is 0.362 e. The van der Waals surface area contributed by atoms with Gasteiger partial charge in [0.15, 0.2) is 12.2 Å². The average Bonchev–Trinajstić information content (AvgIpc) is 3.72. The van der Waals surface area contributed by atoms with Crippen LogP contribution >= 0.6 is 22.9 Å². The lowest BCUT2D eigenvalue weighted by Gasteiger charge is -2.44. The quantitative estimate of drug-likeness (QED) is 0.0340. The number of oxime groups is 1. The molecule has 46 heavy (non-hydrogen) atoms. The van der Waals surface area contributed by atoms with Gasteiger partial charge in [0.1, 0.15) is 15.9 Å². The largest absolute Gasteiger partial charge is 0.478 e. The third-order valence-electron chi connectivity index (χ3n) is 6.51. The zero-order valence-corrected chi connectivity index (χ0v) is 26.9. The molecule has 1 saturated heterocycles. The number of thiazole rings is 1. The number of carboxylic acids is 1. The molecule has 3 aromatic heterocycles. The van der Waals surface area contributed by atoms with Crippen LogP contribution in [0, 0.1) is 0 Å². The first-order valence-corrected chi connectivity index (χ1v) is 16.2. The number of carbonyl (C=O) groups is 4. The maximum atomic E-state index is 13.2. The molecule has 0 bridgehead atoms. The number of aliphatic carboxylic acids is 1.